The van der Waals surface area contributed by atoms with E-state index in [9.17, 15) is 0 Å². The fourth-order valence-corrected chi connectivity index (χ4v) is 2.66. The minimum Gasteiger partial charge on any atom is -0.489 e. The molecule has 0 atom stereocenters. The summed E-state index contributed by atoms with van der Waals surface area (Å²) in [6.45, 7) is 2.72. The molecule has 3 rings (SSSR count). The van der Waals surface area contributed by atoms with Crippen molar-refractivity contribution in [3.05, 3.63) is 89.5 Å². The summed E-state index contributed by atoms with van der Waals surface area (Å²) in [4.78, 5) is 0. The number of hydrogen-bond acceptors (Lipinski definition) is 2. The molecular formula is C22H22O2. The van der Waals surface area contributed by atoms with Crippen molar-refractivity contribution in [2.24, 2.45) is 0 Å². The maximum Gasteiger partial charge on any atom is 0.120 e. The van der Waals surface area contributed by atoms with Crippen molar-refractivity contribution in [3.63, 3.8) is 0 Å². The average Bonchev–Trinajstić information content (AvgIpc) is 2.67. The van der Waals surface area contributed by atoms with E-state index in [0.29, 0.717) is 6.61 Å². The van der Waals surface area contributed by atoms with Gasteiger partial charge >= 0.3 is 0 Å². The molecule has 0 amide bonds. The van der Waals surface area contributed by atoms with Crippen molar-refractivity contribution in [3.8, 4) is 16.9 Å². The molecule has 0 saturated heterocycles. The first-order chi connectivity index (χ1) is 11.8. The van der Waals surface area contributed by atoms with Crippen LogP contribution in [0.3, 0.4) is 0 Å². The van der Waals surface area contributed by atoms with E-state index < -0.39 is 0 Å². The fourth-order valence-electron chi connectivity index (χ4n) is 2.66. The Kier molecular flexibility index (Phi) is 5.29. The van der Waals surface area contributed by atoms with Crippen LogP contribution in [0.5, 0.6) is 5.75 Å². The maximum absolute atomic E-state index is 9.17. The highest BCUT2D eigenvalue weighted by molar-refractivity contribution is 5.64. The summed E-state index contributed by atoms with van der Waals surface area (Å²) in [7, 11) is 0. The van der Waals surface area contributed by atoms with Crippen molar-refractivity contribution < 1.29 is 9.84 Å². The van der Waals surface area contributed by atoms with Gasteiger partial charge in [0.25, 0.3) is 0 Å². The molecule has 1 N–H and O–H groups in total. The monoisotopic (exact) mass is 318 g/mol. The molecule has 122 valence electrons. The van der Waals surface area contributed by atoms with Crippen LogP contribution in [0.15, 0.2) is 72.8 Å². The van der Waals surface area contributed by atoms with Gasteiger partial charge in [0.15, 0.2) is 0 Å². The van der Waals surface area contributed by atoms with Gasteiger partial charge in [0.2, 0.25) is 0 Å². The van der Waals surface area contributed by atoms with E-state index in [2.05, 4.69) is 55.5 Å². The van der Waals surface area contributed by atoms with Crippen LogP contribution >= 0.6 is 0 Å². The zero-order valence-corrected chi connectivity index (χ0v) is 13.9. The maximum atomic E-state index is 9.17. The van der Waals surface area contributed by atoms with Gasteiger partial charge in [0, 0.05) is 0 Å². The average molecular weight is 318 g/mol. The quantitative estimate of drug-likeness (QED) is 0.694. The minimum absolute atomic E-state index is 0.0305. The number of rotatable bonds is 6. The fraction of sp³-hybridized carbons (Fsp3) is 0.182. The lowest BCUT2D eigenvalue weighted by atomic mass is 10.0. The summed E-state index contributed by atoms with van der Waals surface area (Å²) in [5.41, 5.74) is 5.80. The highest BCUT2D eigenvalue weighted by atomic mass is 16.5. The van der Waals surface area contributed by atoms with Gasteiger partial charge in [0.1, 0.15) is 12.4 Å². The highest BCUT2D eigenvalue weighted by Crippen LogP contribution is 2.22. The molecule has 0 aliphatic rings. The minimum atomic E-state index is 0.0305. The molecule has 0 radical (unpaired) electrons. The molecule has 0 fully saturated rings. The molecule has 0 saturated carbocycles. The third kappa shape index (κ3) is 4.03. The lowest BCUT2D eigenvalue weighted by Gasteiger charge is -2.09. The standard InChI is InChI=1S/C22H22O2/c1-2-17-5-3-7-21(13-17)20-11-9-18(10-12-20)16-24-22-8-4-6-19(14-22)15-23/h3-14,23H,2,15-16H2,1H3. The summed E-state index contributed by atoms with van der Waals surface area (Å²) in [5, 5.41) is 9.17. The molecule has 0 spiro atoms. The van der Waals surface area contributed by atoms with E-state index >= 15 is 0 Å². The molecular weight excluding hydrogens is 296 g/mol. The van der Waals surface area contributed by atoms with Crippen molar-refractivity contribution in [2.75, 3.05) is 0 Å². The smallest absolute Gasteiger partial charge is 0.120 e. The van der Waals surface area contributed by atoms with Crippen LogP contribution in [0.4, 0.5) is 0 Å². The summed E-state index contributed by atoms with van der Waals surface area (Å²) in [6, 6.07) is 24.7. The molecule has 0 heterocycles. The molecule has 24 heavy (non-hydrogen) atoms. The van der Waals surface area contributed by atoms with E-state index in [1.165, 1.54) is 16.7 Å². The second-order valence-electron chi connectivity index (χ2n) is 5.85. The Morgan fingerprint density at radius 2 is 1.50 bits per heavy atom. The van der Waals surface area contributed by atoms with Gasteiger partial charge in [-0.15, -0.1) is 0 Å². The number of aryl methyl sites for hydroxylation is 1. The SMILES string of the molecule is CCc1cccc(-c2ccc(COc3cccc(CO)c3)cc2)c1. The molecule has 0 aliphatic carbocycles. The second kappa shape index (κ2) is 7.80. The molecule has 0 unspecified atom stereocenters. The van der Waals surface area contributed by atoms with Crippen molar-refractivity contribution in [2.45, 2.75) is 26.6 Å². The molecule has 3 aromatic rings. The third-order valence-corrected chi connectivity index (χ3v) is 4.11. The summed E-state index contributed by atoms with van der Waals surface area (Å²) in [6.07, 6.45) is 1.05. The van der Waals surface area contributed by atoms with Crippen LogP contribution in [0.1, 0.15) is 23.6 Å². The first kappa shape index (κ1) is 16.3. The number of hydrogen-bond donors (Lipinski definition) is 1. The Bertz CT molecular complexity index is 791. The normalized spacial score (nSPS) is 10.6. The Labute approximate surface area is 143 Å². The van der Waals surface area contributed by atoms with Crippen LogP contribution < -0.4 is 4.74 Å². The van der Waals surface area contributed by atoms with Gasteiger partial charge in [-0.1, -0.05) is 67.6 Å². The van der Waals surface area contributed by atoms with Crippen molar-refractivity contribution >= 4 is 0 Å². The lowest BCUT2D eigenvalue weighted by molar-refractivity contribution is 0.278. The molecule has 0 aromatic heterocycles. The van der Waals surface area contributed by atoms with Gasteiger partial charge in [-0.25, -0.2) is 0 Å². The van der Waals surface area contributed by atoms with Crippen molar-refractivity contribution in [1.29, 1.82) is 0 Å². The first-order valence-corrected chi connectivity index (χ1v) is 8.29. The predicted molar refractivity (Wildman–Crippen MR) is 98.0 cm³/mol. The summed E-state index contributed by atoms with van der Waals surface area (Å²) < 4.78 is 5.81. The molecule has 3 aromatic carbocycles. The Hall–Kier alpha value is -2.58. The number of aliphatic hydroxyl groups excluding tert-OH is 1. The van der Waals surface area contributed by atoms with E-state index in [1.807, 2.05) is 24.3 Å². The predicted octanol–water partition coefficient (Wildman–Crippen LogP) is 4.99. The lowest BCUT2D eigenvalue weighted by Crippen LogP contribution is -1.96. The van der Waals surface area contributed by atoms with Gasteiger partial charge in [-0.05, 0) is 46.4 Å². The molecule has 2 nitrogen and oxygen atoms in total. The topological polar surface area (TPSA) is 29.5 Å². The van der Waals surface area contributed by atoms with Crippen LogP contribution in [-0.2, 0) is 19.6 Å². The van der Waals surface area contributed by atoms with Crippen LogP contribution in [0.2, 0.25) is 0 Å². The van der Waals surface area contributed by atoms with Crippen LogP contribution in [0.25, 0.3) is 11.1 Å². The summed E-state index contributed by atoms with van der Waals surface area (Å²) in [5.74, 6) is 0.779. The van der Waals surface area contributed by atoms with Crippen molar-refractivity contribution in [1.82, 2.24) is 0 Å². The zero-order chi connectivity index (χ0) is 16.8. The van der Waals surface area contributed by atoms with Gasteiger partial charge in [-0.2, -0.15) is 0 Å². The highest BCUT2D eigenvalue weighted by Gasteiger charge is 2.01. The van der Waals surface area contributed by atoms with Gasteiger partial charge in [-0.3, -0.25) is 0 Å². The van der Waals surface area contributed by atoms with E-state index in [1.54, 1.807) is 0 Å². The van der Waals surface area contributed by atoms with Crippen LogP contribution in [0, 0.1) is 0 Å². The van der Waals surface area contributed by atoms with Crippen LogP contribution in [-0.4, -0.2) is 5.11 Å². The number of benzene rings is 3. The summed E-state index contributed by atoms with van der Waals surface area (Å²) >= 11 is 0. The van der Waals surface area contributed by atoms with E-state index in [-0.39, 0.29) is 6.61 Å². The molecule has 0 aliphatic heterocycles. The zero-order valence-electron chi connectivity index (χ0n) is 13.9. The largest absolute Gasteiger partial charge is 0.489 e. The van der Waals surface area contributed by atoms with Gasteiger partial charge < -0.3 is 9.84 Å². The Morgan fingerprint density at radius 3 is 2.25 bits per heavy atom. The Balaban J connectivity index is 1.68. The molecule has 0 bridgehead atoms. The van der Waals surface area contributed by atoms with E-state index in [4.69, 9.17) is 9.84 Å². The molecule has 2 heteroatoms. The third-order valence-electron chi connectivity index (χ3n) is 4.11. The van der Waals surface area contributed by atoms with E-state index in [0.717, 1.165) is 23.3 Å². The van der Waals surface area contributed by atoms with Gasteiger partial charge in [0.05, 0.1) is 6.61 Å². The number of ether oxygens (including phenoxy) is 1. The second-order valence-corrected chi connectivity index (χ2v) is 5.85. The Morgan fingerprint density at radius 1 is 0.750 bits per heavy atom. The first-order valence-electron chi connectivity index (χ1n) is 8.29. The number of aliphatic hydroxyl groups is 1.